The Bertz CT molecular complexity index is 390. The van der Waals surface area contributed by atoms with Crippen molar-refractivity contribution in [2.24, 2.45) is 5.73 Å². The van der Waals surface area contributed by atoms with E-state index in [1.807, 2.05) is 0 Å². The zero-order valence-corrected chi connectivity index (χ0v) is 11.5. The van der Waals surface area contributed by atoms with Crippen molar-refractivity contribution in [1.82, 2.24) is 9.47 Å². The summed E-state index contributed by atoms with van der Waals surface area (Å²) in [6, 6.07) is 2.47. The Morgan fingerprint density at radius 1 is 1.47 bits per heavy atom. The molecule has 1 aromatic rings. The molecule has 0 spiro atoms. The van der Waals surface area contributed by atoms with Crippen LogP contribution in [0.2, 0.25) is 0 Å². The molecule has 1 aromatic heterocycles. The van der Waals surface area contributed by atoms with Gasteiger partial charge in [0.1, 0.15) is 0 Å². The van der Waals surface area contributed by atoms with Crippen LogP contribution in [0.1, 0.15) is 44.0 Å². The zero-order valence-electron chi connectivity index (χ0n) is 11.5. The summed E-state index contributed by atoms with van der Waals surface area (Å²) in [4.78, 5) is 2.28. The fourth-order valence-corrected chi connectivity index (χ4v) is 2.50. The maximum Gasteiger partial charge on any atom is 0.0401 e. The molecule has 0 saturated carbocycles. The number of fused-ring (bicyclic) bond motifs is 1. The van der Waals surface area contributed by atoms with Crippen molar-refractivity contribution in [3.63, 3.8) is 0 Å². The average Bonchev–Trinajstić information content (AvgIpc) is 2.62. The smallest absolute Gasteiger partial charge is 0.0401 e. The van der Waals surface area contributed by atoms with E-state index in [-0.39, 0.29) is 11.6 Å². The number of nitrogens with two attached hydrogens (primary N) is 1. The van der Waals surface area contributed by atoms with Crippen LogP contribution in [0.5, 0.6) is 0 Å². The molecular formula is C14H25N3. The molecule has 0 saturated heterocycles. The van der Waals surface area contributed by atoms with E-state index in [0.29, 0.717) is 0 Å². The summed E-state index contributed by atoms with van der Waals surface area (Å²) in [6.07, 6.45) is 5.75. The van der Waals surface area contributed by atoms with Crippen molar-refractivity contribution in [1.29, 1.82) is 0 Å². The molecule has 0 fully saturated rings. The van der Waals surface area contributed by atoms with E-state index in [9.17, 15) is 0 Å². The molecule has 1 atom stereocenters. The highest BCUT2D eigenvalue weighted by molar-refractivity contribution is 5.28. The monoisotopic (exact) mass is 235 g/mol. The van der Waals surface area contributed by atoms with Crippen molar-refractivity contribution < 1.29 is 0 Å². The van der Waals surface area contributed by atoms with Crippen LogP contribution in [0.15, 0.2) is 12.3 Å². The van der Waals surface area contributed by atoms with E-state index in [1.54, 1.807) is 0 Å². The molecule has 17 heavy (non-hydrogen) atoms. The molecule has 2 N–H and O–H groups in total. The lowest BCUT2D eigenvalue weighted by molar-refractivity contribution is 0.168. The fourth-order valence-electron chi connectivity index (χ4n) is 2.50. The summed E-state index contributed by atoms with van der Waals surface area (Å²) in [5.74, 6) is 0. The van der Waals surface area contributed by atoms with Gasteiger partial charge in [0, 0.05) is 30.0 Å². The first-order valence-corrected chi connectivity index (χ1v) is 6.53. The number of aromatic nitrogens is 1. The van der Waals surface area contributed by atoms with Crippen molar-refractivity contribution in [2.45, 2.75) is 51.2 Å². The minimum Gasteiger partial charge on any atom is -0.349 e. The zero-order chi connectivity index (χ0) is 12.6. The minimum atomic E-state index is 0.175. The topological polar surface area (TPSA) is 34.2 Å². The maximum absolute atomic E-state index is 6.16. The molecule has 0 aliphatic heterocycles. The SMILES string of the molecule is CN(C)C(C)(C)Cn1ccc2c1CCCC2N. The summed E-state index contributed by atoms with van der Waals surface area (Å²) in [7, 11) is 4.28. The lowest BCUT2D eigenvalue weighted by atomic mass is 9.93. The Morgan fingerprint density at radius 2 is 2.18 bits per heavy atom. The molecule has 1 aliphatic rings. The van der Waals surface area contributed by atoms with Crippen LogP contribution in [0, 0.1) is 0 Å². The molecule has 2 rings (SSSR count). The third-order valence-electron chi connectivity index (χ3n) is 4.21. The number of likely N-dealkylation sites (N-methyl/N-ethyl adjacent to an activating group) is 1. The van der Waals surface area contributed by atoms with Gasteiger partial charge in [-0.3, -0.25) is 0 Å². The highest BCUT2D eigenvalue weighted by Crippen LogP contribution is 2.29. The van der Waals surface area contributed by atoms with Gasteiger partial charge in [-0.25, -0.2) is 0 Å². The number of hydrogen-bond donors (Lipinski definition) is 1. The van der Waals surface area contributed by atoms with E-state index < -0.39 is 0 Å². The van der Waals surface area contributed by atoms with Gasteiger partial charge in [0.15, 0.2) is 0 Å². The first-order chi connectivity index (χ1) is 7.92. The van der Waals surface area contributed by atoms with Gasteiger partial charge in [-0.1, -0.05) is 0 Å². The van der Waals surface area contributed by atoms with E-state index >= 15 is 0 Å². The first kappa shape index (κ1) is 12.7. The van der Waals surface area contributed by atoms with Gasteiger partial charge in [0.25, 0.3) is 0 Å². The summed E-state index contributed by atoms with van der Waals surface area (Å²) in [5, 5.41) is 0. The molecule has 1 heterocycles. The molecule has 1 unspecified atom stereocenters. The summed E-state index contributed by atoms with van der Waals surface area (Å²) < 4.78 is 2.40. The summed E-state index contributed by atoms with van der Waals surface area (Å²) in [5.41, 5.74) is 9.16. The second kappa shape index (κ2) is 4.46. The predicted molar refractivity (Wildman–Crippen MR) is 72.1 cm³/mol. The number of nitrogens with zero attached hydrogens (tertiary/aromatic N) is 2. The quantitative estimate of drug-likeness (QED) is 0.871. The molecular weight excluding hydrogens is 210 g/mol. The molecule has 1 aliphatic carbocycles. The Morgan fingerprint density at radius 3 is 2.82 bits per heavy atom. The lowest BCUT2D eigenvalue weighted by Gasteiger charge is -2.34. The Hall–Kier alpha value is -0.800. The molecule has 3 heteroatoms. The highest BCUT2D eigenvalue weighted by Gasteiger charge is 2.25. The van der Waals surface area contributed by atoms with Gasteiger partial charge in [-0.2, -0.15) is 0 Å². The van der Waals surface area contributed by atoms with Crippen LogP contribution in [-0.4, -0.2) is 29.1 Å². The second-order valence-electron chi connectivity index (χ2n) is 6.05. The predicted octanol–water partition coefficient (Wildman–Crippen LogP) is 2.16. The van der Waals surface area contributed by atoms with Crippen molar-refractivity contribution in [3.05, 3.63) is 23.5 Å². The second-order valence-corrected chi connectivity index (χ2v) is 6.05. The van der Waals surface area contributed by atoms with Gasteiger partial charge in [0.2, 0.25) is 0 Å². The van der Waals surface area contributed by atoms with Crippen LogP contribution < -0.4 is 5.73 Å². The van der Waals surface area contributed by atoms with Crippen LogP contribution in [-0.2, 0) is 13.0 Å². The van der Waals surface area contributed by atoms with Crippen molar-refractivity contribution >= 4 is 0 Å². The minimum absolute atomic E-state index is 0.175. The molecule has 3 nitrogen and oxygen atoms in total. The third kappa shape index (κ3) is 2.40. The molecule has 96 valence electrons. The van der Waals surface area contributed by atoms with Gasteiger partial charge < -0.3 is 15.2 Å². The highest BCUT2D eigenvalue weighted by atomic mass is 15.2. The van der Waals surface area contributed by atoms with Crippen LogP contribution in [0.3, 0.4) is 0 Å². The first-order valence-electron chi connectivity index (χ1n) is 6.53. The van der Waals surface area contributed by atoms with Crippen molar-refractivity contribution in [3.8, 4) is 0 Å². The Kier molecular flexibility index (Phi) is 3.32. The normalized spacial score (nSPS) is 20.7. The van der Waals surface area contributed by atoms with E-state index in [1.165, 1.54) is 24.1 Å². The van der Waals surface area contributed by atoms with Crippen LogP contribution >= 0.6 is 0 Å². The van der Waals surface area contributed by atoms with E-state index in [0.717, 1.165) is 13.0 Å². The molecule has 0 amide bonds. The molecule has 0 aromatic carbocycles. The standard InChI is InChI=1S/C14H25N3/c1-14(2,16(3)4)10-17-9-8-11-12(15)6-5-7-13(11)17/h8-9,12H,5-7,10,15H2,1-4H3. The van der Waals surface area contributed by atoms with E-state index in [4.69, 9.17) is 5.73 Å². The van der Waals surface area contributed by atoms with Gasteiger partial charge in [-0.05, 0) is 58.8 Å². The maximum atomic E-state index is 6.16. The van der Waals surface area contributed by atoms with Gasteiger partial charge in [0.05, 0.1) is 0 Å². The van der Waals surface area contributed by atoms with Crippen LogP contribution in [0.4, 0.5) is 0 Å². The van der Waals surface area contributed by atoms with Gasteiger partial charge in [-0.15, -0.1) is 0 Å². The summed E-state index contributed by atoms with van der Waals surface area (Å²) >= 11 is 0. The largest absolute Gasteiger partial charge is 0.349 e. The third-order valence-corrected chi connectivity index (χ3v) is 4.21. The Labute approximate surface area is 105 Å². The number of hydrogen-bond acceptors (Lipinski definition) is 2. The van der Waals surface area contributed by atoms with Crippen molar-refractivity contribution in [2.75, 3.05) is 14.1 Å². The molecule has 0 bridgehead atoms. The summed E-state index contributed by atoms with van der Waals surface area (Å²) in [6.45, 7) is 5.59. The van der Waals surface area contributed by atoms with Gasteiger partial charge >= 0.3 is 0 Å². The molecule has 0 radical (unpaired) electrons. The number of rotatable bonds is 3. The van der Waals surface area contributed by atoms with Crippen LogP contribution in [0.25, 0.3) is 0 Å². The average molecular weight is 235 g/mol. The van der Waals surface area contributed by atoms with E-state index in [2.05, 4.69) is 49.7 Å². The lowest BCUT2D eigenvalue weighted by Crippen LogP contribution is -2.42. The Balaban J connectivity index is 2.23. The fraction of sp³-hybridized carbons (Fsp3) is 0.714.